The van der Waals surface area contributed by atoms with Crippen molar-refractivity contribution < 1.29 is 9.53 Å². The lowest BCUT2D eigenvalue weighted by Crippen LogP contribution is -2.50. The minimum atomic E-state index is 0.0932. The van der Waals surface area contributed by atoms with Gasteiger partial charge in [0, 0.05) is 72.3 Å². The number of carbonyl (C=O) groups is 1. The molecular weight excluding hydrogens is 424 g/mol. The third-order valence-corrected chi connectivity index (χ3v) is 6.70. The van der Waals surface area contributed by atoms with Crippen molar-refractivity contribution in [2.45, 2.75) is 19.9 Å². The number of para-hydroxylation sites is 1. The molecule has 1 saturated heterocycles. The normalized spacial score (nSPS) is 14.6. The van der Waals surface area contributed by atoms with Gasteiger partial charge in [-0.05, 0) is 43.7 Å². The van der Waals surface area contributed by atoms with Crippen LogP contribution in [0.25, 0.3) is 33.3 Å². The Hall–Kier alpha value is -3.64. The van der Waals surface area contributed by atoms with Gasteiger partial charge >= 0.3 is 0 Å². The van der Waals surface area contributed by atoms with Crippen LogP contribution in [0.2, 0.25) is 0 Å². The molecule has 6 heteroatoms. The molecule has 0 radical (unpaired) electrons. The van der Waals surface area contributed by atoms with E-state index in [2.05, 4.69) is 34.8 Å². The highest BCUT2D eigenvalue weighted by atomic mass is 16.5. The number of rotatable bonds is 5. The molecule has 6 nitrogen and oxygen atoms in total. The molecule has 0 unspecified atom stereocenters. The van der Waals surface area contributed by atoms with E-state index in [1.54, 1.807) is 7.11 Å². The van der Waals surface area contributed by atoms with Crippen molar-refractivity contribution in [2.75, 3.05) is 33.3 Å². The Labute approximate surface area is 200 Å². The molecule has 2 aromatic carbocycles. The number of nitrogens with one attached hydrogen (secondary N) is 1. The molecule has 0 bridgehead atoms. The van der Waals surface area contributed by atoms with E-state index < -0.39 is 0 Å². The number of aromatic amines is 1. The number of hydrogen-bond acceptors (Lipinski definition) is 4. The molecule has 0 aliphatic carbocycles. The standard InChI is InChI=1S/C28H30N4O2/c1-19(2)31-11-13-32(14-12-31)28(33)21-8-6-7-20(15-21)22-16-24-25(18-30-27(24)29-17-22)23-9-4-5-10-26(23)34-3/h4-10,15-19H,11-14H2,1-3H3,(H,29,30). The van der Waals surface area contributed by atoms with Crippen LogP contribution in [-0.4, -0.2) is 65.0 Å². The molecule has 34 heavy (non-hydrogen) atoms. The number of amides is 1. The molecule has 3 heterocycles. The molecule has 174 valence electrons. The van der Waals surface area contributed by atoms with E-state index in [0.29, 0.717) is 6.04 Å². The van der Waals surface area contributed by atoms with Crippen LogP contribution in [0.1, 0.15) is 24.2 Å². The number of methoxy groups -OCH3 is 1. The molecule has 1 fully saturated rings. The van der Waals surface area contributed by atoms with Crippen LogP contribution < -0.4 is 4.74 Å². The highest BCUT2D eigenvalue weighted by Gasteiger charge is 2.23. The van der Waals surface area contributed by atoms with Crippen LogP contribution in [-0.2, 0) is 0 Å². The first kappa shape index (κ1) is 22.2. The molecule has 1 amide bonds. The van der Waals surface area contributed by atoms with Crippen LogP contribution in [0, 0.1) is 0 Å². The Kier molecular flexibility index (Phi) is 6.07. The molecule has 1 aliphatic heterocycles. The third kappa shape index (κ3) is 4.17. The lowest BCUT2D eigenvalue weighted by atomic mass is 10.00. The Morgan fingerprint density at radius 1 is 0.971 bits per heavy atom. The zero-order valence-electron chi connectivity index (χ0n) is 19.9. The molecule has 1 N–H and O–H groups in total. The van der Waals surface area contributed by atoms with Crippen LogP contribution in [0.4, 0.5) is 0 Å². The van der Waals surface area contributed by atoms with Crippen molar-refractivity contribution in [3.8, 4) is 28.0 Å². The maximum Gasteiger partial charge on any atom is 0.253 e. The Bertz CT molecular complexity index is 1320. The smallest absolute Gasteiger partial charge is 0.253 e. The first-order chi connectivity index (χ1) is 16.5. The quantitative estimate of drug-likeness (QED) is 0.457. The van der Waals surface area contributed by atoms with Crippen molar-refractivity contribution >= 4 is 16.9 Å². The average molecular weight is 455 g/mol. The van der Waals surface area contributed by atoms with Gasteiger partial charge in [0.1, 0.15) is 11.4 Å². The van der Waals surface area contributed by atoms with Crippen LogP contribution in [0.3, 0.4) is 0 Å². The van der Waals surface area contributed by atoms with E-state index in [-0.39, 0.29) is 5.91 Å². The van der Waals surface area contributed by atoms with Crippen LogP contribution >= 0.6 is 0 Å². The van der Waals surface area contributed by atoms with Gasteiger partial charge in [-0.1, -0.05) is 30.3 Å². The highest BCUT2D eigenvalue weighted by Crippen LogP contribution is 2.36. The maximum atomic E-state index is 13.2. The van der Waals surface area contributed by atoms with E-state index >= 15 is 0 Å². The second-order valence-electron chi connectivity index (χ2n) is 9.03. The minimum absolute atomic E-state index is 0.0932. The van der Waals surface area contributed by atoms with E-state index in [9.17, 15) is 4.79 Å². The summed E-state index contributed by atoms with van der Waals surface area (Å²) >= 11 is 0. The van der Waals surface area contributed by atoms with E-state index in [4.69, 9.17) is 4.74 Å². The molecular formula is C28H30N4O2. The molecule has 0 saturated carbocycles. The first-order valence-corrected chi connectivity index (χ1v) is 11.8. The summed E-state index contributed by atoms with van der Waals surface area (Å²) in [6, 6.07) is 18.5. The topological polar surface area (TPSA) is 61.5 Å². The van der Waals surface area contributed by atoms with Gasteiger partial charge in [0.25, 0.3) is 5.91 Å². The third-order valence-electron chi connectivity index (χ3n) is 6.70. The SMILES string of the molecule is COc1ccccc1-c1c[nH]c2ncc(-c3cccc(C(=O)N4CCN(C(C)C)CC4)c3)cc12. The zero-order valence-corrected chi connectivity index (χ0v) is 19.9. The summed E-state index contributed by atoms with van der Waals surface area (Å²) in [4.78, 5) is 25.5. The Morgan fingerprint density at radius 3 is 2.53 bits per heavy atom. The lowest BCUT2D eigenvalue weighted by molar-refractivity contribution is 0.0595. The highest BCUT2D eigenvalue weighted by molar-refractivity contribution is 5.98. The number of aromatic nitrogens is 2. The van der Waals surface area contributed by atoms with E-state index in [1.807, 2.05) is 65.8 Å². The van der Waals surface area contributed by atoms with Gasteiger partial charge in [0.2, 0.25) is 0 Å². The lowest BCUT2D eigenvalue weighted by Gasteiger charge is -2.37. The minimum Gasteiger partial charge on any atom is -0.496 e. The van der Waals surface area contributed by atoms with E-state index in [1.165, 1.54) is 0 Å². The van der Waals surface area contributed by atoms with Gasteiger partial charge in [-0.15, -0.1) is 0 Å². The number of carbonyl (C=O) groups excluding carboxylic acids is 1. The fourth-order valence-corrected chi connectivity index (χ4v) is 4.71. The van der Waals surface area contributed by atoms with Crippen molar-refractivity contribution in [3.05, 3.63) is 72.6 Å². The fraction of sp³-hybridized carbons (Fsp3) is 0.286. The summed E-state index contributed by atoms with van der Waals surface area (Å²) in [5.74, 6) is 0.912. The van der Waals surface area contributed by atoms with Gasteiger partial charge in [0.15, 0.2) is 0 Å². The molecule has 1 aliphatic rings. The molecule has 0 atom stereocenters. The second-order valence-corrected chi connectivity index (χ2v) is 9.03. The first-order valence-electron chi connectivity index (χ1n) is 11.8. The molecule has 4 aromatic rings. The number of piperazine rings is 1. The molecule has 2 aromatic heterocycles. The van der Waals surface area contributed by atoms with Crippen molar-refractivity contribution in [1.82, 2.24) is 19.8 Å². The Balaban J connectivity index is 1.45. The number of ether oxygens (including phenoxy) is 1. The van der Waals surface area contributed by atoms with E-state index in [0.717, 1.165) is 70.8 Å². The second kappa shape index (κ2) is 9.31. The van der Waals surface area contributed by atoms with Gasteiger partial charge in [-0.3, -0.25) is 9.69 Å². The maximum absolute atomic E-state index is 13.2. The predicted octanol–water partition coefficient (Wildman–Crippen LogP) is 5.07. The van der Waals surface area contributed by atoms with Crippen molar-refractivity contribution in [3.63, 3.8) is 0 Å². The number of benzene rings is 2. The van der Waals surface area contributed by atoms with Gasteiger partial charge in [-0.2, -0.15) is 0 Å². The summed E-state index contributed by atoms with van der Waals surface area (Å²) in [6.45, 7) is 7.78. The number of hydrogen-bond donors (Lipinski definition) is 1. The Morgan fingerprint density at radius 2 is 1.76 bits per heavy atom. The number of pyridine rings is 1. The number of nitrogens with zero attached hydrogens (tertiary/aromatic N) is 3. The van der Waals surface area contributed by atoms with Crippen molar-refractivity contribution in [2.24, 2.45) is 0 Å². The average Bonchev–Trinajstić information content (AvgIpc) is 3.31. The number of fused-ring (bicyclic) bond motifs is 1. The summed E-state index contributed by atoms with van der Waals surface area (Å²) < 4.78 is 5.57. The summed E-state index contributed by atoms with van der Waals surface area (Å²) in [5, 5.41) is 1.02. The van der Waals surface area contributed by atoms with Gasteiger partial charge in [0.05, 0.1) is 7.11 Å². The predicted molar refractivity (Wildman–Crippen MR) is 136 cm³/mol. The van der Waals surface area contributed by atoms with Gasteiger partial charge in [-0.25, -0.2) is 4.98 Å². The van der Waals surface area contributed by atoms with Crippen LogP contribution in [0.15, 0.2) is 67.0 Å². The summed E-state index contributed by atoms with van der Waals surface area (Å²) in [5.41, 5.74) is 5.54. The summed E-state index contributed by atoms with van der Waals surface area (Å²) in [7, 11) is 1.68. The fourth-order valence-electron chi connectivity index (χ4n) is 4.71. The zero-order chi connectivity index (χ0) is 23.7. The molecule has 0 spiro atoms. The molecule has 5 rings (SSSR count). The monoisotopic (exact) mass is 454 g/mol. The van der Waals surface area contributed by atoms with Crippen molar-refractivity contribution in [1.29, 1.82) is 0 Å². The largest absolute Gasteiger partial charge is 0.496 e. The van der Waals surface area contributed by atoms with Crippen LogP contribution in [0.5, 0.6) is 5.75 Å². The number of H-pyrrole nitrogens is 1. The summed E-state index contributed by atoms with van der Waals surface area (Å²) in [6.07, 6.45) is 3.83. The van der Waals surface area contributed by atoms with Gasteiger partial charge < -0.3 is 14.6 Å².